The second kappa shape index (κ2) is 10.7. The summed E-state index contributed by atoms with van der Waals surface area (Å²) >= 11 is 5.29. The zero-order chi connectivity index (χ0) is 23.9. The SMILES string of the molecule is COc1ccc(C=Nn2c(-c3ccc(OC(F)F)cc3)n[nH]c2=S)cc1OCc1ccccc1. The quantitative estimate of drug-likeness (QED) is 0.246. The van der Waals surface area contributed by atoms with E-state index in [9.17, 15) is 8.78 Å². The number of aromatic nitrogens is 3. The number of benzene rings is 3. The van der Waals surface area contributed by atoms with Gasteiger partial charge in [0.25, 0.3) is 0 Å². The second-order valence-electron chi connectivity index (χ2n) is 7.00. The lowest BCUT2D eigenvalue weighted by Gasteiger charge is -2.11. The number of H-pyrrole nitrogens is 1. The molecule has 1 aromatic heterocycles. The number of hydrogen-bond donors (Lipinski definition) is 1. The molecule has 0 atom stereocenters. The minimum Gasteiger partial charge on any atom is -0.493 e. The van der Waals surface area contributed by atoms with Gasteiger partial charge in [-0.1, -0.05) is 30.3 Å². The van der Waals surface area contributed by atoms with Crippen molar-refractivity contribution in [3.8, 4) is 28.6 Å². The van der Waals surface area contributed by atoms with Gasteiger partial charge in [-0.15, -0.1) is 0 Å². The Hall–Kier alpha value is -4.05. The molecule has 0 aliphatic heterocycles. The van der Waals surface area contributed by atoms with E-state index in [1.54, 1.807) is 31.5 Å². The molecule has 10 heteroatoms. The number of alkyl halides is 2. The molecule has 174 valence electrons. The number of ether oxygens (including phenoxy) is 3. The van der Waals surface area contributed by atoms with Gasteiger partial charge in [-0.25, -0.2) is 5.10 Å². The highest BCUT2D eigenvalue weighted by Gasteiger charge is 2.11. The molecule has 0 saturated carbocycles. The lowest BCUT2D eigenvalue weighted by molar-refractivity contribution is -0.0498. The van der Waals surface area contributed by atoms with E-state index in [1.807, 2.05) is 42.5 Å². The van der Waals surface area contributed by atoms with Crippen LogP contribution < -0.4 is 14.2 Å². The maximum Gasteiger partial charge on any atom is 0.387 e. The Bertz CT molecular complexity index is 1320. The van der Waals surface area contributed by atoms with Crippen LogP contribution in [0.15, 0.2) is 77.9 Å². The summed E-state index contributed by atoms with van der Waals surface area (Å²) in [5.41, 5.74) is 2.40. The highest BCUT2D eigenvalue weighted by atomic mass is 32.1. The topological polar surface area (TPSA) is 73.7 Å². The maximum absolute atomic E-state index is 12.4. The fraction of sp³-hybridized carbons (Fsp3) is 0.125. The van der Waals surface area contributed by atoms with E-state index in [4.69, 9.17) is 21.7 Å². The first-order chi connectivity index (χ1) is 16.5. The summed E-state index contributed by atoms with van der Waals surface area (Å²) in [7, 11) is 1.58. The van der Waals surface area contributed by atoms with Crippen molar-refractivity contribution in [1.82, 2.24) is 14.9 Å². The first-order valence-electron chi connectivity index (χ1n) is 10.2. The van der Waals surface area contributed by atoms with E-state index in [-0.39, 0.29) is 10.5 Å². The molecule has 0 spiro atoms. The molecule has 0 fully saturated rings. The highest BCUT2D eigenvalue weighted by molar-refractivity contribution is 7.71. The van der Waals surface area contributed by atoms with Crippen LogP contribution in [0.1, 0.15) is 11.1 Å². The number of aromatic amines is 1. The largest absolute Gasteiger partial charge is 0.493 e. The molecule has 0 radical (unpaired) electrons. The van der Waals surface area contributed by atoms with Crippen LogP contribution in [0.25, 0.3) is 11.4 Å². The Morgan fingerprint density at radius 3 is 2.53 bits per heavy atom. The van der Waals surface area contributed by atoms with Gasteiger partial charge >= 0.3 is 6.61 Å². The van der Waals surface area contributed by atoms with Gasteiger partial charge in [0.1, 0.15) is 12.4 Å². The van der Waals surface area contributed by atoms with Crippen molar-refractivity contribution in [2.75, 3.05) is 7.11 Å². The lowest BCUT2D eigenvalue weighted by atomic mass is 10.2. The molecule has 0 aliphatic carbocycles. The van der Waals surface area contributed by atoms with Gasteiger partial charge in [0.2, 0.25) is 4.77 Å². The molecule has 3 aromatic carbocycles. The summed E-state index contributed by atoms with van der Waals surface area (Å²) in [4.78, 5) is 0. The average molecular weight is 483 g/mol. The molecule has 1 N–H and O–H groups in total. The Labute approximate surface area is 199 Å². The summed E-state index contributed by atoms with van der Waals surface area (Å²) in [5.74, 6) is 1.63. The Kier molecular flexibility index (Phi) is 7.28. The van der Waals surface area contributed by atoms with Crippen molar-refractivity contribution in [2.24, 2.45) is 5.10 Å². The summed E-state index contributed by atoms with van der Waals surface area (Å²) in [6.45, 7) is -2.50. The van der Waals surface area contributed by atoms with E-state index in [0.29, 0.717) is 29.5 Å². The minimum absolute atomic E-state index is 0.0456. The number of halogens is 2. The van der Waals surface area contributed by atoms with Gasteiger partial charge in [-0.2, -0.15) is 23.7 Å². The van der Waals surface area contributed by atoms with Crippen LogP contribution in [0.5, 0.6) is 17.2 Å². The normalized spacial score (nSPS) is 11.2. The zero-order valence-electron chi connectivity index (χ0n) is 18.0. The molecule has 4 rings (SSSR count). The van der Waals surface area contributed by atoms with Crippen LogP contribution >= 0.6 is 12.2 Å². The van der Waals surface area contributed by atoms with Gasteiger partial charge in [0, 0.05) is 5.56 Å². The van der Waals surface area contributed by atoms with Crippen LogP contribution in [0.2, 0.25) is 0 Å². The van der Waals surface area contributed by atoms with Crippen molar-refractivity contribution in [3.63, 3.8) is 0 Å². The minimum atomic E-state index is -2.89. The van der Waals surface area contributed by atoms with Crippen LogP contribution in [0, 0.1) is 4.77 Å². The van der Waals surface area contributed by atoms with Crippen LogP contribution in [0.4, 0.5) is 8.78 Å². The standard InChI is InChI=1S/C24H20F2N4O3S/c1-31-20-12-7-17(13-21(20)32-15-16-5-3-2-4-6-16)14-27-30-22(28-29-24(30)34)18-8-10-19(11-9-18)33-23(25)26/h2-14,23H,15H2,1H3,(H,29,34). The maximum atomic E-state index is 12.4. The van der Waals surface area contributed by atoms with E-state index >= 15 is 0 Å². The molecular weight excluding hydrogens is 462 g/mol. The number of nitrogens with zero attached hydrogens (tertiary/aromatic N) is 3. The van der Waals surface area contributed by atoms with Crippen LogP contribution in [-0.4, -0.2) is 34.8 Å². The average Bonchev–Trinajstić information content (AvgIpc) is 3.22. The molecule has 0 bridgehead atoms. The zero-order valence-corrected chi connectivity index (χ0v) is 18.8. The lowest BCUT2D eigenvalue weighted by Crippen LogP contribution is -2.01. The van der Waals surface area contributed by atoms with Gasteiger partial charge < -0.3 is 14.2 Å². The number of rotatable bonds is 9. The number of nitrogens with one attached hydrogen (secondary N) is 1. The Balaban J connectivity index is 1.56. The molecule has 0 saturated heterocycles. The van der Waals surface area contributed by atoms with Crippen molar-refractivity contribution < 1.29 is 23.0 Å². The molecule has 7 nitrogen and oxygen atoms in total. The predicted molar refractivity (Wildman–Crippen MR) is 126 cm³/mol. The van der Waals surface area contributed by atoms with E-state index in [2.05, 4.69) is 20.0 Å². The smallest absolute Gasteiger partial charge is 0.387 e. The molecule has 0 aliphatic rings. The molecule has 0 unspecified atom stereocenters. The summed E-state index contributed by atoms with van der Waals surface area (Å²) in [5, 5.41) is 11.3. The van der Waals surface area contributed by atoms with E-state index in [1.165, 1.54) is 16.8 Å². The van der Waals surface area contributed by atoms with Crippen molar-refractivity contribution in [3.05, 3.63) is 88.7 Å². The fourth-order valence-electron chi connectivity index (χ4n) is 3.12. The van der Waals surface area contributed by atoms with Crippen molar-refractivity contribution in [1.29, 1.82) is 0 Å². The Morgan fingerprint density at radius 2 is 1.82 bits per heavy atom. The first-order valence-corrected chi connectivity index (χ1v) is 10.6. The third kappa shape index (κ3) is 5.65. The Morgan fingerprint density at radius 1 is 1.06 bits per heavy atom. The second-order valence-corrected chi connectivity index (χ2v) is 7.38. The van der Waals surface area contributed by atoms with Gasteiger partial charge in [-0.3, -0.25) is 0 Å². The van der Waals surface area contributed by atoms with Gasteiger partial charge in [0.15, 0.2) is 17.3 Å². The van der Waals surface area contributed by atoms with Crippen molar-refractivity contribution >= 4 is 18.4 Å². The summed E-state index contributed by atoms with van der Waals surface area (Å²) < 4.78 is 42.2. The first kappa shape index (κ1) is 23.1. The molecule has 1 heterocycles. The van der Waals surface area contributed by atoms with Crippen LogP contribution in [-0.2, 0) is 6.61 Å². The molecule has 34 heavy (non-hydrogen) atoms. The van der Waals surface area contributed by atoms with E-state index < -0.39 is 6.61 Å². The molecule has 0 amide bonds. The summed E-state index contributed by atoms with van der Waals surface area (Å²) in [6.07, 6.45) is 1.61. The number of hydrogen-bond acceptors (Lipinski definition) is 6. The number of methoxy groups -OCH3 is 1. The van der Waals surface area contributed by atoms with Gasteiger partial charge in [-0.05, 0) is 65.8 Å². The molecular formula is C24H20F2N4O3S. The molecule has 4 aromatic rings. The highest BCUT2D eigenvalue weighted by Crippen LogP contribution is 2.28. The van der Waals surface area contributed by atoms with Gasteiger partial charge in [0.05, 0.1) is 13.3 Å². The summed E-state index contributed by atoms with van der Waals surface area (Å²) in [6, 6.07) is 21.3. The predicted octanol–water partition coefficient (Wildman–Crippen LogP) is 5.68. The third-order valence-corrected chi connectivity index (χ3v) is 5.00. The van der Waals surface area contributed by atoms with Crippen molar-refractivity contribution in [2.45, 2.75) is 13.2 Å². The third-order valence-electron chi connectivity index (χ3n) is 4.74. The fourth-order valence-corrected chi connectivity index (χ4v) is 3.30. The van der Waals surface area contributed by atoms with Crippen LogP contribution in [0.3, 0.4) is 0 Å². The van der Waals surface area contributed by atoms with E-state index in [0.717, 1.165) is 11.1 Å². The monoisotopic (exact) mass is 482 g/mol.